The lowest BCUT2D eigenvalue weighted by atomic mass is 9.76. The predicted octanol–water partition coefficient (Wildman–Crippen LogP) is 5.18. The molecular weight excluding hydrogens is 503 g/mol. The fourth-order valence-electron chi connectivity index (χ4n) is 5.12. The summed E-state index contributed by atoms with van der Waals surface area (Å²) < 4.78 is 53.3. The minimum atomic E-state index is -4.82. The fourth-order valence-corrected chi connectivity index (χ4v) is 5.23. The average Bonchev–Trinajstić information content (AvgIpc) is 3.35. The first-order chi connectivity index (χ1) is 16.9. The molecule has 1 saturated heterocycles. The molecule has 12 heteroatoms. The van der Waals surface area contributed by atoms with E-state index in [9.17, 15) is 28.5 Å². The number of ether oxygens (including phenoxy) is 2. The van der Waals surface area contributed by atoms with Gasteiger partial charge in [-0.2, -0.15) is 13.2 Å². The van der Waals surface area contributed by atoms with E-state index in [1.165, 1.54) is 12.3 Å². The second-order valence-electron chi connectivity index (χ2n) is 8.88. The maximum Gasteiger partial charge on any atom is 0.407 e. The summed E-state index contributed by atoms with van der Waals surface area (Å²) in [4.78, 5) is 6.95. The van der Waals surface area contributed by atoms with Crippen molar-refractivity contribution in [3.8, 4) is 23.3 Å². The molecular formula is C24H19ClF3N3O5. The smallest absolute Gasteiger partial charge is 0.407 e. The Morgan fingerprint density at radius 1 is 1.25 bits per heavy atom. The van der Waals surface area contributed by atoms with Gasteiger partial charge in [-0.3, -0.25) is 4.57 Å². The van der Waals surface area contributed by atoms with Gasteiger partial charge in [0.15, 0.2) is 5.69 Å². The van der Waals surface area contributed by atoms with E-state index in [4.69, 9.17) is 27.6 Å². The molecule has 2 aromatic heterocycles. The van der Waals surface area contributed by atoms with E-state index in [1.807, 2.05) is 0 Å². The molecule has 3 atom stereocenters. The third-order valence-electron chi connectivity index (χ3n) is 6.76. The number of benzene rings is 1. The van der Waals surface area contributed by atoms with Gasteiger partial charge in [0.1, 0.15) is 11.2 Å². The molecule has 1 fully saturated rings. The number of nitrogens with zero attached hydrogens (tertiary/aromatic N) is 3. The van der Waals surface area contributed by atoms with E-state index in [0.717, 1.165) is 10.6 Å². The largest absolute Gasteiger partial charge is 0.494 e. The molecule has 2 bridgehead atoms. The van der Waals surface area contributed by atoms with Gasteiger partial charge in [-0.1, -0.05) is 17.7 Å². The summed E-state index contributed by atoms with van der Waals surface area (Å²) in [5, 5.41) is 33.4. The van der Waals surface area contributed by atoms with E-state index in [1.54, 1.807) is 19.1 Å². The lowest BCUT2D eigenvalue weighted by Gasteiger charge is -2.26. The van der Waals surface area contributed by atoms with Crippen molar-refractivity contribution in [3.05, 3.63) is 69.7 Å². The molecule has 8 nitrogen and oxygen atoms in total. The van der Waals surface area contributed by atoms with Crippen LogP contribution in [0.3, 0.4) is 0 Å². The van der Waals surface area contributed by atoms with Crippen LogP contribution in [0, 0.1) is 6.57 Å². The van der Waals surface area contributed by atoms with Crippen molar-refractivity contribution in [1.29, 1.82) is 0 Å². The molecule has 0 radical (unpaired) electrons. The number of pyridine rings is 1. The molecule has 2 aliphatic heterocycles. The second kappa shape index (κ2) is 8.03. The van der Waals surface area contributed by atoms with Crippen LogP contribution in [-0.4, -0.2) is 37.6 Å². The number of aliphatic hydroxyl groups excluding tert-OH is 1. The molecule has 0 amide bonds. The van der Waals surface area contributed by atoms with Gasteiger partial charge in [0, 0.05) is 25.1 Å². The number of hydrogen-bond acceptors (Lipinski definition) is 6. The standard InChI is InChI=1S/C24H19ClF3N3O5/c1-22-16(32)10-23(36-22,7-8-35-17-6-3-12(25)11-30-17)19-18(22)20(33)31(21(19)34)13-4-5-15(29-2)14(9-13)24(26,27)28/h3-6,9,11,16,32-34H,7-8,10H2,1H3/t16-,22?,23?/m1/s1. The average molecular weight is 522 g/mol. The Labute approximate surface area is 207 Å². The number of rotatable bonds is 5. The van der Waals surface area contributed by atoms with E-state index in [-0.39, 0.29) is 36.3 Å². The lowest BCUT2D eigenvalue weighted by molar-refractivity contribution is -0.136. The zero-order valence-corrected chi connectivity index (χ0v) is 19.4. The number of aliphatic hydroxyl groups is 1. The van der Waals surface area contributed by atoms with Gasteiger partial charge in [-0.15, -0.1) is 0 Å². The van der Waals surface area contributed by atoms with Crippen LogP contribution < -0.4 is 4.74 Å². The Hall–Kier alpha value is -3.46. The molecule has 36 heavy (non-hydrogen) atoms. The zero-order chi connectivity index (χ0) is 26.0. The molecule has 3 aromatic rings. The monoisotopic (exact) mass is 521 g/mol. The molecule has 4 heterocycles. The Kier molecular flexibility index (Phi) is 5.41. The van der Waals surface area contributed by atoms with Crippen molar-refractivity contribution in [3.63, 3.8) is 0 Å². The highest BCUT2D eigenvalue weighted by Crippen LogP contribution is 2.65. The van der Waals surface area contributed by atoms with Crippen molar-refractivity contribution in [2.24, 2.45) is 0 Å². The van der Waals surface area contributed by atoms with Crippen LogP contribution in [0.1, 0.15) is 36.5 Å². The number of hydrogen-bond donors (Lipinski definition) is 3. The van der Waals surface area contributed by atoms with E-state index < -0.39 is 46.5 Å². The molecule has 2 aliphatic rings. The molecule has 0 spiro atoms. The van der Waals surface area contributed by atoms with Crippen molar-refractivity contribution in [2.75, 3.05) is 6.61 Å². The minimum absolute atomic E-state index is 0.0557. The van der Waals surface area contributed by atoms with Crippen LogP contribution in [0.25, 0.3) is 10.5 Å². The predicted molar refractivity (Wildman–Crippen MR) is 120 cm³/mol. The Balaban J connectivity index is 1.56. The van der Waals surface area contributed by atoms with E-state index in [0.29, 0.717) is 17.0 Å². The highest BCUT2D eigenvalue weighted by molar-refractivity contribution is 6.30. The summed E-state index contributed by atoms with van der Waals surface area (Å²) in [6, 6.07) is 6.02. The van der Waals surface area contributed by atoms with Crippen molar-refractivity contribution in [1.82, 2.24) is 9.55 Å². The Bertz CT molecular complexity index is 1400. The van der Waals surface area contributed by atoms with Crippen LogP contribution in [0.15, 0.2) is 36.5 Å². The molecule has 0 saturated carbocycles. The summed E-state index contributed by atoms with van der Waals surface area (Å²) in [6.07, 6.45) is -4.27. The first-order valence-corrected chi connectivity index (χ1v) is 11.2. The molecule has 188 valence electrons. The van der Waals surface area contributed by atoms with Gasteiger partial charge < -0.3 is 24.8 Å². The van der Waals surface area contributed by atoms with Gasteiger partial charge in [0.05, 0.1) is 46.7 Å². The summed E-state index contributed by atoms with van der Waals surface area (Å²) in [7, 11) is 0. The summed E-state index contributed by atoms with van der Waals surface area (Å²) >= 11 is 5.83. The van der Waals surface area contributed by atoms with Crippen LogP contribution >= 0.6 is 11.6 Å². The highest BCUT2D eigenvalue weighted by Gasteiger charge is 2.66. The number of fused-ring (bicyclic) bond motifs is 5. The molecule has 5 rings (SSSR count). The normalized spacial score (nSPS) is 24.5. The molecule has 1 aromatic carbocycles. The first kappa shape index (κ1) is 24.2. The minimum Gasteiger partial charge on any atom is -0.494 e. The van der Waals surface area contributed by atoms with Crippen molar-refractivity contribution in [2.45, 2.75) is 43.2 Å². The van der Waals surface area contributed by atoms with Gasteiger partial charge in [-0.25, -0.2) is 9.83 Å². The van der Waals surface area contributed by atoms with Crippen LogP contribution in [0.2, 0.25) is 5.02 Å². The quantitative estimate of drug-likeness (QED) is 0.400. The van der Waals surface area contributed by atoms with Crippen LogP contribution in [0.5, 0.6) is 17.6 Å². The third-order valence-corrected chi connectivity index (χ3v) is 6.98. The number of aromatic hydroxyl groups is 2. The fraction of sp³-hybridized carbons (Fsp3) is 0.333. The first-order valence-electron chi connectivity index (χ1n) is 10.8. The zero-order valence-electron chi connectivity index (χ0n) is 18.7. The second-order valence-corrected chi connectivity index (χ2v) is 9.32. The van der Waals surface area contributed by atoms with Crippen molar-refractivity contribution >= 4 is 17.3 Å². The van der Waals surface area contributed by atoms with E-state index >= 15 is 0 Å². The van der Waals surface area contributed by atoms with Gasteiger partial charge in [-0.05, 0) is 25.1 Å². The summed E-state index contributed by atoms with van der Waals surface area (Å²) in [5.74, 6) is -0.791. The van der Waals surface area contributed by atoms with Gasteiger partial charge >= 0.3 is 6.18 Å². The lowest BCUT2D eigenvalue weighted by Crippen LogP contribution is -2.33. The maximum absolute atomic E-state index is 13.5. The van der Waals surface area contributed by atoms with E-state index in [2.05, 4.69) is 9.83 Å². The molecule has 3 N–H and O–H groups in total. The molecule has 2 unspecified atom stereocenters. The number of aromatic nitrogens is 2. The summed E-state index contributed by atoms with van der Waals surface area (Å²) in [5.41, 5.74) is -4.44. The Morgan fingerprint density at radius 3 is 2.61 bits per heavy atom. The number of halogens is 4. The van der Waals surface area contributed by atoms with Gasteiger partial charge in [0.25, 0.3) is 0 Å². The van der Waals surface area contributed by atoms with Gasteiger partial charge in [0.2, 0.25) is 17.6 Å². The topological polar surface area (TPSA) is 101 Å². The maximum atomic E-state index is 13.5. The van der Waals surface area contributed by atoms with Crippen LogP contribution in [0.4, 0.5) is 18.9 Å². The third kappa shape index (κ3) is 3.48. The van der Waals surface area contributed by atoms with Crippen LogP contribution in [-0.2, 0) is 22.1 Å². The SMILES string of the molecule is [C-]#[N+]c1ccc(-n2c(O)c3c(c2O)C2(C)OC3(CCOc3ccc(Cl)cn3)C[C@H]2O)cc1C(F)(F)F. The highest BCUT2D eigenvalue weighted by atomic mass is 35.5. The molecule has 0 aliphatic carbocycles. The number of alkyl halides is 3. The Morgan fingerprint density at radius 2 is 1.97 bits per heavy atom. The van der Waals surface area contributed by atoms with Crippen molar-refractivity contribution < 1.29 is 38.0 Å². The summed E-state index contributed by atoms with van der Waals surface area (Å²) in [6.45, 7) is 8.62.